The number of carbonyl (C=O) groups excluding carboxylic acids is 1. The van der Waals surface area contributed by atoms with Crippen LogP contribution >= 0.6 is 23.4 Å². The zero-order valence-electron chi connectivity index (χ0n) is 11.8. The molecule has 0 fully saturated rings. The molecule has 0 aliphatic heterocycles. The topological polar surface area (TPSA) is 75.6 Å². The standard InChI is InChI=1S/C14H18ClNO4S/c1-9(20-12-6-4-3-5-10(12)15)13(17)16-11(14(18)19)7-8-21-2/h3-6,9,11H,7-8H2,1-2H3,(H,16,17)(H,18,19)/t9?,11-/m0/s1. The predicted molar refractivity (Wildman–Crippen MR) is 84.1 cm³/mol. The number of hydrogen-bond donors (Lipinski definition) is 2. The van der Waals surface area contributed by atoms with Gasteiger partial charge in [-0.15, -0.1) is 0 Å². The molecule has 7 heteroatoms. The summed E-state index contributed by atoms with van der Waals surface area (Å²) in [6, 6.07) is 5.88. The molecule has 1 aromatic rings. The number of carboxylic acids is 1. The Balaban J connectivity index is 2.61. The van der Waals surface area contributed by atoms with E-state index in [1.807, 2.05) is 6.26 Å². The lowest BCUT2D eigenvalue weighted by atomic mass is 10.2. The van der Waals surface area contributed by atoms with Gasteiger partial charge in [0.25, 0.3) is 5.91 Å². The maximum Gasteiger partial charge on any atom is 0.326 e. The van der Waals surface area contributed by atoms with E-state index in [0.717, 1.165) is 0 Å². The van der Waals surface area contributed by atoms with Crippen LogP contribution in [-0.4, -0.2) is 41.1 Å². The Kier molecular flexibility index (Phi) is 7.39. The first kappa shape index (κ1) is 17.7. The van der Waals surface area contributed by atoms with Crippen LogP contribution in [0, 0.1) is 0 Å². The lowest BCUT2D eigenvalue weighted by molar-refractivity contribution is -0.142. The van der Waals surface area contributed by atoms with Crippen molar-refractivity contribution in [3.8, 4) is 5.75 Å². The van der Waals surface area contributed by atoms with Crippen molar-refractivity contribution in [3.63, 3.8) is 0 Å². The summed E-state index contributed by atoms with van der Waals surface area (Å²) >= 11 is 7.47. The highest BCUT2D eigenvalue weighted by Crippen LogP contribution is 2.24. The van der Waals surface area contributed by atoms with Crippen molar-refractivity contribution in [1.82, 2.24) is 5.32 Å². The fourth-order valence-electron chi connectivity index (χ4n) is 1.57. The van der Waals surface area contributed by atoms with Crippen molar-refractivity contribution < 1.29 is 19.4 Å². The summed E-state index contributed by atoms with van der Waals surface area (Å²) in [7, 11) is 0. The Hall–Kier alpha value is -1.40. The summed E-state index contributed by atoms with van der Waals surface area (Å²) in [5, 5.41) is 11.9. The number of hydrogen-bond acceptors (Lipinski definition) is 4. The smallest absolute Gasteiger partial charge is 0.326 e. The molecular weight excluding hydrogens is 314 g/mol. The number of benzene rings is 1. The van der Waals surface area contributed by atoms with Crippen molar-refractivity contribution in [2.75, 3.05) is 12.0 Å². The third-order valence-electron chi connectivity index (χ3n) is 2.73. The molecular formula is C14H18ClNO4S. The van der Waals surface area contributed by atoms with Gasteiger partial charge in [0.2, 0.25) is 0 Å². The van der Waals surface area contributed by atoms with Crippen LogP contribution in [0.15, 0.2) is 24.3 Å². The Labute approximate surface area is 133 Å². The number of aliphatic carboxylic acids is 1. The van der Waals surface area contributed by atoms with Gasteiger partial charge in [0.15, 0.2) is 6.10 Å². The van der Waals surface area contributed by atoms with Crippen molar-refractivity contribution >= 4 is 35.2 Å². The molecule has 5 nitrogen and oxygen atoms in total. The number of thioether (sulfide) groups is 1. The lowest BCUT2D eigenvalue weighted by Gasteiger charge is -2.19. The van der Waals surface area contributed by atoms with Crippen LogP contribution in [0.3, 0.4) is 0 Å². The SMILES string of the molecule is CSCC[C@H](NC(=O)C(C)Oc1ccccc1Cl)C(=O)O. The summed E-state index contributed by atoms with van der Waals surface area (Å²) in [6.45, 7) is 1.55. The van der Waals surface area contributed by atoms with Crippen LogP contribution in [0.5, 0.6) is 5.75 Å². The molecule has 1 rings (SSSR count). The van der Waals surface area contributed by atoms with E-state index in [9.17, 15) is 9.59 Å². The molecule has 0 aromatic heterocycles. The third-order valence-corrected chi connectivity index (χ3v) is 3.69. The molecule has 1 unspecified atom stereocenters. The fourth-order valence-corrected chi connectivity index (χ4v) is 2.22. The minimum Gasteiger partial charge on any atom is -0.480 e. The highest BCUT2D eigenvalue weighted by Gasteiger charge is 2.23. The first-order valence-corrected chi connectivity index (χ1v) is 8.16. The molecule has 21 heavy (non-hydrogen) atoms. The van der Waals surface area contributed by atoms with Crippen LogP contribution in [0.4, 0.5) is 0 Å². The molecule has 0 saturated heterocycles. The van der Waals surface area contributed by atoms with E-state index in [1.165, 1.54) is 11.8 Å². The van der Waals surface area contributed by atoms with Gasteiger partial charge in [-0.3, -0.25) is 4.79 Å². The Morgan fingerprint density at radius 2 is 2.10 bits per heavy atom. The van der Waals surface area contributed by atoms with Crippen molar-refractivity contribution in [2.45, 2.75) is 25.5 Å². The average molecular weight is 332 g/mol. The lowest BCUT2D eigenvalue weighted by Crippen LogP contribution is -2.46. The van der Waals surface area contributed by atoms with E-state index in [-0.39, 0.29) is 0 Å². The largest absolute Gasteiger partial charge is 0.480 e. The summed E-state index contributed by atoms with van der Waals surface area (Å²) in [5.74, 6) is -0.500. The van der Waals surface area contributed by atoms with Crippen molar-refractivity contribution in [3.05, 3.63) is 29.3 Å². The van der Waals surface area contributed by atoms with Gasteiger partial charge < -0.3 is 15.2 Å². The van der Waals surface area contributed by atoms with Crippen LogP contribution in [0.25, 0.3) is 0 Å². The van der Waals surface area contributed by atoms with Gasteiger partial charge in [0.1, 0.15) is 11.8 Å². The monoisotopic (exact) mass is 331 g/mol. The summed E-state index contributed by atoms with van der Waals surface area (Å²) in [4.78, 5) is 23.1. The first-order chi connectivity index (χ1) is 9.95. The molecule has 0 radical (unpaired) electrons. The zero-order chi connectivity index (χ0) is 15.8. The van der Waals surface area contributed by atoms with E-state index in [4.69, 9.17) is 21.4 Å². The number of halogens is 1. The molecule has 0 aliphatic carbocycles. The Morgan fingerprint density at radius 3 is 2.67 bits per heavy atom. The normalized spacial score (nSPS) is 13.3. The van der Waals surface area contributed by atoms with Gasteiger partial charge in [-0.1, -0.05) is 23.7 Å². The quantitative estimate of drug-likeness (QED) is 0.765. The first-order valence-electron chi connectivity index (χ1n) is 6.39. The molecule has 1 amide bonds. The van der Waals surface area contributed by atoms with E-state index in [0.29, 0.717) is 22.9 Å². The van der Waals surface area contributed by atoms with Gasteiger partial charge in [0, 0.05) is 0 Å². The van der Waals surface area contributed by atoms with Crippen molar-refractivity contribution in [2.24, 2.45) is 0 Å². The number of nitrogens with one attached hydrogen (secondary N) is 1. The Morgan fingerprint density at radius 1 is 1.43 bits per heavy atom. The van der Waals surface area contributed by atoms with E-state index >= 15 is 0 Å². The van der Waals surface area contributed by atoms with Crippen LogP contribution in [0.2, 0.25) is 5.02 Å². The third kappa shape index (κ3) is 5.85. The predicted octanol–water partition coefficient (Wildman–Crippen LogP) is 2.43. The molecule has 0 saturated carbocycles. The minimum atomic E-state index is -1.05. The van der Waals surface area contributed by atoms with E-state index < -0.39 is 24.0 Å². The second kappa shape index (κ2) is 8.79. The second-order valence-corrected chi connectivity index (χ2v) is 5.76. The molecule has 1 aromatic carbocycles. The molecule has 116 valence electrons. The van der Waals surface area contributed by atoms with Gasteiger partial charge in [-0.2, -0.15) is 11.8 Å². The molecule has 0 spiro atoms. The number of ether oxygens (including phenoxy) is 1. The average Bonchev–Trinajstić information content (AvgIpc) is 2.45. The second-order valence-electron chi connectivity index (χ2n) is 4.37. The Bertz CT molecular complexity index is 498. The molecule has 2 N–H and O–H groups in total. The van der Waals surface area contributed by atoms with Crippen LogP contribution in [-0.2, 0) is 9.59 Å². The van der Waals surface area contributed by atoms with Gasteiger partial charge in [0.05, 0.1) is 5.02 Å². The summed E-state index contributed by atoms with van der Waals surface area (Å²) in [5.41, 5.74) is 0. The van der Waals surface area contributed by atoms with Crippen molar-refractivity contribution in [1.29, 1.82) is 0 Å². The molecule has 0 heterocycles. The maximum atomic E-state index is 12.0. The highest BCUT2D eigenvalue weighted by atomic mass is 35.5. The number of rotatable bonds is 8. The van der Waals surface area contributed by atoms with E-state index in [2.05, 4.69) is 5.32 Å². The van der Waals surface area contributed by atoms with Crippen LogP contribution in [0.1, 0.15) is 13.3 Å². The number of carbonyl (C=O) groups is 2. The maximum absolute atomic E-state index is 12.0. The number of para-hydroxylation sites is 1. The molecule has 0 bridgehead atoms. The number of carboxylic acid groups (broad SMARTS) is 1. The highest BCUT2D eigenvalue weighted by molar-refractivity contribution is 7.98. The van der Waals surface area contributed by atoms with Gasteiger partial charge >= 0.3 is 5.97 Å². The van der Waals surface area contributed by atoms with Gasteiger partial charge in [-0.05, 0) is 37.5 Å². The van der Waals surface area contributed by atoms with E-state index in [1.54, 1.807) is 31.2 Å². The number of amides is 1. The van der Waals surface area contributed by atoms with Crippen LogP contribution < -0.4 is 10.1 Å². The zero-order valence-corrected chi connectivity index (χ0v) is 13.4. The molecule has 0 aliphatic rings. The van der Waals surface area contributed by atoms with Gasteiger partial charge in [-0.25, -0.2) is 4.79 Å². The summed E-state index contributed by atoms with van der Waals surface area (Å²) < 4.78 is 5.45. The summed E-state index contributed by atoms with van der Waals surface area (Å²) in [6.07, 6.45) is 1.41. The fraction of sp³-hybridized carbons (Fsp3) is 0.429. The molecule has 2 atom stereocenters. The minimum absolute atomic E-state index is 0.362.